The summed E-state index contributed by atoms with van der Waals surface area (Å²) in [5, 5.41) is 45.0. The summed E-state index contributed by atoms with van der Waals surface area (Å²) in [7, 11) is 5.05. The molecule has 0 bridgehead atoms. The van der Waals surface area contributed by atoms with Crippen molar-refractivity contribution in [2.45, 2.75) is 205 Å². The van der Waals surface area contributed by atoms with Gasteiger partial charge in [0.1, 0.15) is 71.3 Å². The van der Waals surface area contributed by atoms with Crippen molar-refractivity contribution in [3.8, 4) is 34.5 Å². The van der Waals surface area contributed by atoms with Crippen molar-refractivity contribution in [1.29, 1.82) is 0 Å². The van der Waals surface area contributed by atoms with Crippen molar-refractivity contribution >= 4 is 76.2 Å². The molecule has 3 N–H and O–H groups in total. The SMILES string of the molecule is C=C(C)COc1c(C)cc(C(=O)c2nccc3cc(C)c(C)cc23)cc1C.C=C(C)COc1c(C)cc(C(O)c2nccc3cc(C)c(C)cc23)cc1C.COc1c(C)cc(C(=O)c2nccc3cc(C)c(C)cc23)cc1C.COc1c(C)cc(C(O)c2nccc3cc(C)c(C)cc23)cc1C.COc1c(C)cc(Cc2nccc3cc(C)c(C)cc23)cc1C.Cc1cc2ccnc(Cc3cc(C)c(O)c(C)c3)c2cc1C. The number of nitrogens with zero attached hydrogens (tertiary/aromatic N) is 6. The second-order valence-corrected chi connectivity index (χ2v) is 40.1. The van der Waals surface area contributed by atoms with E-state index in [-0.39, 0.29) is 11.6 Å². The minimum Gasteiger partial charge on any atom is -0.507 e. The lowest BCUT2D eigenvalue weighted by molar-refractivity contribution is 0.102. The summed E-state index contributed by atoms with van der Waals surface area (Å²) in [5.74, 6) is 4.59. The van der Waals surface area contributed by atoms with E-state index in [1.807, 2.05) is 186 Å². The molecule has 0 aliphatic rings. The molecule has 754 valence electrons. The van der Waals surface area contributed by atoms with E-state index in [0.717, 1.165) is 185 Å². The quantitative estimate of drug-likeness (QED) is 0.0450. The number of aromatic nitrogens is 6. The van der Waals surface area contributed by atoms with Gasteiger partial charge in [-0.15, -0.1) is 0 Å². The van der Waals surface area contributed by atoms with E-state index in [4.69, 9.17) is 23.7 Å². The van der Waals surface area contributed by atoms with E-state index >= 15 is 0 Å². The average molecular weight is 1960 g/mol. The number of hydrogen-bond donors (Lipinski definition) is 3. The van der Waals surface area contributed by atoms with Crippen molar-refractivity contribution in [2.75, 3.05) is 34.5 Å². The van der Waals surface area contributed by atoms with Crippen molar-refractivity contribution in [3.63, 3.8) is 0 Å². The Bertz CT molecular complexity index is 8010. The molecule has 2 atom stereocenters. The first-order chi connectivity index (χ1) is 69.8. The van der Waals surface area contributed by atoms with Crippen molar-refractivity contribution in [2.24, 2.45) is 0 Å². The Hall–Kier alpha value is -15.4. The number of ketones is 2. The number of pyridine rings is 6. The van der Waals surface area contributed by atoms with E-state index in [0.29, 0.717) is 52.9 Å². The molecule has 0 aliphatic carbocycles. The monoisotopic (exact) mass is 1960 g/mol. The summed E-state index contributed by atoms with van der Waals surface area (Å²) in [6, 6.07) is 61.7. The number of carbonyl (C=O) groups is 2. The standard InChI is InChI=1S/C24H27NO2.C24H25NO2.C21H23NO2.C21H21NO2.C21H23NO.C20H21NO/c2*1-14(2)13-27-24-17(5)10-20(11-18(24)6)23(26)22-21-12-16(4)15(3)9-19(21)7-8-25-22;2*1-12-8-16-6-7-22-19(18(16)11-13(12)2)20(23)17-9-14(3)21(24-5)15(4)10-17;1-13-10-18-6-7-22-20(19(18)11-14(13)2)12-17-8-15(3)21(23-5)16(4)9-17;1-12-9-17-5-6-21-19(18(17)10-13(12)2)11-16-7-14(3)20(22)15(4)8-16/h7-12,23,26H,1,13H2,2-6H3;7-12H,1,13H2,2-6H3;6-11,20,23H,1-5H3;6-11H,1-5H3;6-11H,12H2,1-5H3;5-10,22H,11H2,1-4H3. The maximum absolute atomic E-state index is 13.2. The van der Waals surface area contributed by atoms with Crippen molar-refractivity contribution < 1.29 is 48.6 Å². The Balaban J connectivity index is 0.000000148. The van der Waals surface area contributed by atoms with E-state index in [2.05, 4.69) is 231 Å². The number of carbonyl (C=O) groups excluding carboxylic acids is 2. The van der Waals surface area contributed by atoms with Gasteiger partial charge < -0.3 is 39.0 Å². The third kappa shape index (κ3) is 25.2. The molecular weight excluding hydrogens is 1820 g/mol. The highest BCUT2D eigenvalue weighted by Crippen LogP contribution is 2.40. The smallest absolute Gasteiger partial charge is 0.211 e. The van der Waals surface area contributed by atoms with Gasteiger partial charge in [0.25, 0.3) is 0 Å². The van der Waals surface area contributed by atoms with Crippen LogP contribution in [0.5, 0.6) is 34.5 Å². The van der Waals surface area contributed by atoms with Crippen LogP contribution in [0.15, 0.2) is 243 Å². The summed E-state index contributed by atoms with van der Waals surface area (Å²) >= 11 is 0. The van der Waals surface area contributed by atoms with Gasteiger partial charge in [0.15, 0.2) is 0 Å². The van der Waals surface area contributed by atoms with Crippen LogP contribution in [0, 0.1) is 166 Å². The van der Waals surface area contributed by atoms with Crippen LogP contribution in [-0.2, 0) is 12.8 Å². The molecule has 0 aliphatic heterocycles. The topological polar surface area (TPSA) is 218 Å². The molecular formula is C131H140N6O10. The number of rotatable bonds is 21. The molecule has 6 aromatic heterocycles. The fraction of sp³-hybridized carbons (Fsp3) is 0.267. The largest absolute Gasteiger partial charge is 0.507 e. The number of phenols is 1. The van der Waals surface area contributed by atoms with Gasteiger partial charge in [0, 0.05) is 93.5 Å². The third-order valence-electron chi connectivity index (χ3n) is 27.8. The molecule has 16 nitrogen and oxygen atoms in total. The molecule has 6 heterocycles. The molecule has 16 heteroatoms. The number of aliphatic hydroxyl groups is 2. The van der Waals surface area contributed by atoms with Crippen LogP contribution in [0.25, 0.3) is 64.6 Å². The first-order valence-electron chi connectivity index (χ1n) is 49.9. The number of fused-ring (bicyclic) bond motifs is 6. The third-order valence-corrected chi connectivity index (χ3v) is 27.8. The maximum Gasteiger partial charge on any atom is 0.211 e. The van der Waals surface area contributed by atoms with E-state index in [1.54, 1.807) is 46.1 Å². The Morgan fingerprint density at radius 1 is 0.272 bits per heavy atom. The molecule has 0 radical (unpaired) electrons. The minimum atomic E-state index is -0.789. The van der Waals surface area contributed by atoms with Gasteiger partial charge in [-0.2, -0.15) is 0 Å². The van der Waals surface area contributed by atoms with Crippen LogP contribution in [0.1, 0.15) is 237 Å². The molecule has 0 saturated carbocycles. The average Bonchev–Trinajstić information content (AvgIpc) is 0.790. The number of phenolic OH excluding ortho intramolecular Hbond substituents is 1. The molecule has 0 amide bonds. The minimum absolute atomic E-state index is 0.0577. The number of hydrogen-bond acceptors (Lipinski definition) is 16. The van der Waals surface area contributed by atoms with Gasteiger partial charge in [-0.05, 0) is 501 Å². The highest BCUT2D eigenvalue weighted by Gasteiger charge is 2.25. The molecule has 0 fully saturated rings. The summed E-state index contributed by atoms with van der Waals surface area (Å²) in [6.07, 6.45) is 10.8. The number of aryl methyl sites for hydroxylation is 24. The Morgan fingerprint density at radius 2 is 0.497 bits per heavy atom. The molecule has 0 spiro atoms. The maximum atomic E-state index is 13.2. The highest BCUT2D eigenvalue weighted by atomic mass is 16.5. The molecule has 18 rings (SSSR count). The van der Waals surface area contributed by atoms with Crippen molar-refractivity contribution in [1.82, 2.24) is 29.9 Å². The van der Waals surface area contributed by atoms with Gasteiger partial charge in [0.2, 0.25) is 11.6 Å². The van der Waals surface area contributed by atoms with Gasteiger partial charge in [0.05, 0.1) is 44.1 Å². The Labute approximate surface area is 867 Å². The van der Waals surface area contributed by atoms with Gasteiger partial charge in [-0.25, -0.2) is 0 Å². The Morgan fingerprint density at radius 3 is 0.789 bits per heavy atom. The molecule has 2 unspecified atom stereocenters. The highest BCUT2D eigenvalue weighted by molar-refractivity contribution is 6.16. The summed E-state index contributed by atoms with van der Waals surface area (Å²) in [6.45, 7) is 61.7. The number of aliphatic hydroxyl groups excluding tert-OH is 2. The van der Waals surface area contributed by atoms with Gasteiger partial charge >= 0.3 is 0 Å². The normalized spacial score (nSPS) is 11.4. The van der Waals surface area contributed by atoms with Crippen LogP contribution in [0.2, 0.25) is 0 Å². The molecule has 147 heavy (non-hydrogen) atoms. The first-order valence-corrected chi connectivity index (χ1v) is 49.9. The first kappa shape index (κ1) is 109. The van der Waals surface area contributed by atoms with Crippen LogP contribution < -0.4 is 23.7 Å². The lowest BCUT2D eigenvalue weighted by Crippen LogP contribution is -2.08. The lowest BCUT2D eigenvalue weighted by Gasteiger charge is -2.18. The number of benzene rings is 12. The van der Waals surface area contributed by atoms with Crippen LogP contribution in [0.4, 0.5) is 0 Å². The fourth-order valence-electron chi connectivity index (χ4n) is 19.4. The predicted octanol–water partition coefficient (Wildman–Crippen LogP) is 30.3. The summed E-state index contributed by atoms with van der Waals surface area (Å²) in [5.41, 5.74) is 38.7. The summed E-state index contributed by atoms with van der Waals surface area (Å²) in [4.78, 5) is 53.3. The van der Waals surface area contributed by atoms with E-state index in [1.165, 1.54) is 99.4 Å². The number of methoxy groups -OCH3 is 3. The lowest BCUT2D eigenvalue weighted by atomic mass is 9.95. The van der Waals surface area contributed by atoms with E-state index in [9.17, 15) is 24.9 Å². The molecule has 18 aromatic rings. The zero-order valence-corrected chi connectivity index (χ0v) is 91.1. The van der Waals surface area contributed by atoms with Gasteiger partial charge in [-0.3, -0.25) is 39.5 Å². The number of aromatic hydroxyl groups is 1. The van der Waals surface area contributed by atoms with Crippen LogP contribution >= 0.6 is 0 Å². The van der Waals surface area contributed by atoms with Gasteiger partial charge in [-0.1, -0.05) is 73.8 Å². The second kappa shape index (κ2) is 47.2. The molecule has 0 saturated heterocycles. The molecule has 12 aromatic carbocycles. The van der Waals surface area contributed by atoms with E-state index < -0.39 is 12.2 Å². The Kier molecular flexibility index (Phi) is 35.0. The number of ether oxygens (including phenoxy) is 5. The van der Waals surface area contributed by atoms with Crippen molar-refractivity contribution in [3.05, 3.63) is 445 Å². The van der Waals surface area contributed by atoms with Crippen LogP contribution in [-0.4, -0.2) is 91.3 Å². The van der Waals surface area contributed by atoms with Crippen LogP contribution in [0.3, 0.4) is 0 Å². The second-order valence-electron chi connectivity index (χ2n) is 40.1. The zero-order valence-electron chi connectivity index (χ0n) is 91.1. The fourth-order valence-corrected chi connectivity index (χ4v) is 19.4. The summed E-state index contributed by atoms with van der Waals surface area (Å²) < 4.78 is 28.0. The zero-order chi connectivity index (χ0) is 107. The predicted molar refractivity (Wildman–Crippen MR) is 605 cm³/mol.